The molecule has 1 rings (SSSR count). The summed E-state index contributed by atoms with van der Waals surface area (Å²) in [4.78, 5) is 24.2. The molecule has 0 aliphatic rings. The van der Waals surface area contributed by atoms with Crippen molar-refractivity contribution < 1.29 is 18.7 Å². The predicted octanol–water partition coefficient (Wildman–Crippen LogP) is 0.869. The quantitative estimate of drug-likeness (QED) is 0.848. The lowest BCUT2D eigenvalue weighted by Gasteiger charge is -2.16. The SMILES string of the molecule is COCC(=O)N(C)CC(=O)Nc1cccc(F)c1. The summed E-state index contributed by atoms with van der Waals surface area (Å²) in [6, 6.07) is 5.54. The van der Waals surface area contributed by atoms with Gasteiger partial charge in [-0.05, 0) is 18.2 Å². The molecule has 0 saturated carbocycles. The number of halogens is 1. The summed E-state index contributed by atoms with van der Waals surface area (Å²) in [6.07, 6.45) is 0. The molecular formula is C12H15FN2O3. The number of methoxy groups -OCH3 is 1. The Morgan fingerprint density at radius 1 is 1.44 bits per heavy atom. The highest BCUT2D eigenvalue weighted by Gasteiger charge is 2.12. The molecule has 0 fully saturated rings. The maximum atomic E-state index is 12.9. The van der Waals surface area contributed by atoms with E-state index in [0.29, 0.717) is 5.69 Å². The van der Waals surface area contributed by atoms with Gasteiger partial charge in [0.25, 0.3) is 0 Å². The third-order valence-electron chi connectivity index (χ3n) is 2.18. The molecule has 0 aliphatic carbocycles. The Balaban J connectivity index is 2.49. The fourth-order valence-electron chi connectivity index (χ4n) is 1.30. The third-order valence-corrected chi connectivity index (χ3v) is 2.18. The zero-order valence-electron chi connectivity index (χ0n) is 10.3. The number of hydrogen-bond acceptors (Lipinski definition) is 3. The number of amides is 2. The highest BCUT2D eigenvalue weighted by atomic mass is 19.1. The van der Waals surface area contributed by atoms with Gasteiger partial charge in [-0.25, -0.2) is 4.39 Å². The molecule has 98 valence electrons. The Hall–Kier alpha value is -1.95. The topological polar surface area (TPSA) is 58.6 Å². The molecule has 0 atom stereocenters. The van der Waals surface area contributed by atoms with Crippen molar-refractivity contribution >= 4 is 17.5 Å². The van der Waals surface area contributed by atoms with Gasteiger partial charge in [-0.15, -0.1) is 0 Å². The van der Waals surface area contributed by atoms with Crippen LogP contribution < -0.4 is 5.32 Å². The smallest absolute Gasteiger partial charge is 0.248 e. The van der Waals surface area contributed by atoms with Gasteiger partial charge in [-0.3, -0.25) is 9.59 Å². The lowest BCUT2D eigenvalue weighted by atomic mass is 10.3. The number of benzene rings is 1. The zero-order chi connectivity index (χ0) is 13.5. The summed E-state index contributed by atoms with van der Waals surface area (Å²) >= 11 is 0. The first-order chi connectivity index (χ1) is 8.52. The molecule has 1 aromatic carbocycles. The van der Waals surface area contributed by atoms with Crippen molar-refractivity contribution in [2.45, 2.75) is 0 Å². The summed E-state index contributed by atoms with van der Waals surface area (Å²) in [7, 11) is 2.89. The van der Waals surface area contributed by atoms with Gasteiger partial charge in [0, 0.05) is 19.8 Å². The molecule has 0 aromatic heterocycles. The summed E-state index contributed by atoms with van der Waals surface area (Å²) in [5, 5.41) is 2.50. The van der Waals surface area contributed by atoms with E-state index in [9.17, 15) is 14.0 Å². The highest BCUT2D eigenvalue weighted by molar-refractivity contribution is 5.94. The second-order valence-electron chi connectivity index (χ2n) is 3.74. The number of ether oxygens (including phenoxy) is 1. The van der Waals surface area contributed by atoms with Gasteiger partial charge in [0.05, 0.1) is 6.54 Å². The first-order valence-electron chi connectivity index (χ1n) is 5.31. The van der Waals surface area contributed by atoms with Crippen molar-refractivity contribution in [2.24, 2.45) is 0 Å². The molecule has 18 heavy (non-hydrogen) atoms. The molecule has 2 amide bonds. The van der Waals surface area contributed by atoms with Crippen LogP contribution in [0.4, 0.5) is 10.1 Å². The predicted molar refractivity (Wildman–Crippen MR) is 64.5 cm³/mol. The molecule has 5 nitrogen and oxygen atoms in total. The average molecular weight is 254 g/mol. The van der Waals surface area contributed by atoms with Crippen LogP contribution in [0.15, 0.2) is 24.3 Å². The van der Waals surface area contributed by atoms with E-state index in [1.165, 1.54) is 37.3 Å². The second-order valence-corrected chi connectivity index (χ2v) is 3.74. The van der Waals surface area contributed by atoms with E-state index in [4.69, 9.17) is 0 Å². The lowest BCUT2D eigenvalue weighted by molar-refractivity contribution is -0.136. The molecule has 1 aromatic rings. The molecule has 6 heteroatoms. The van der Waals surface area contributed by atoms with Crippen molar-refractivity contribution in [3.63, 3.8) is 0 Å². The molecule has 0 aliphatic heterocycles. The number of nitrogens with one attached hydrogen (secondary N) is 1. The van der Waals surface area contributed by atoms with Gasteiger partial charge in [0.1, 0.15) is 12.4 Å². The van der Waals surface area contributed by atoms with Crippen molar-refractivity contribution in [1.82, 2.24) is 4.90 Å². The van der Waals surface area contributed by atoms with E-state index >= 15 is 0 Å². The normalized spacial score (nSPS) is 9.94. The lowest BCUT2D eigenvalue weighted by Crippen LogP contribution is -2.36. The van der Waals surface area contributed by atoms with Gasteiger partial charge in [-0.2, -0.15) is 0 Å². The molecule has 0 spiro atoms. The van der Waals surface area contributed by atoms with Gasteiger partial charge in [0.2, 0.25) is 11.8 Å². The number of rotatable bonds is 5. The molecule has 1 N–H and O–H groups in total. The van der Waals surface area contributed by atoms with Crippen LogP contribution >= 0.6 is 0 Å². The largest absolute Gasteiger partial charge is 0.375 e. The van der Waals surface area contributed by atoms with Crippen LogP contribution in [0.3, 0.4) is 0 Å². The summed E-state index contributed by atoms with van der Waals surface area (Å²) in [5.41, 5.74) is 0.354. The fourth-order valence-corrected chi connectivity index (χ4v) is 1.30. The zero-order valence-corrected chi connectivity index (χ0v) is 10.3. The van der Waals surface area contributed by atoms with Gasteiger partial charge >= 0.3 is 0 Å². The van der Waals surface area contributed by atoms with Crippen LogP contribution in [0.1, 0.15) is 0 Å². The van der Waals surface area contributed by atoms with Crippen molar-refractivity contribution in [2.75, 3.05) is 32.6 Å². The van der Waals surface area contributed by atoms with Gasteiger partial charge in [0.15, 0.2) is 0 Å². The average Bonchev–Trinajstić information content (AvgIpc) is 2.28. The van der Waals surface area contributed by atoms with Crippen molar-refractivity contribution in [1.29, 1.82) is 0 Å². The van der Waals surface area contributed by atoms with Gasteiger partial charge < -0.3 is 15.0 Å². The Morgan fingerprint density at radius 3 is 2.78 bits per heavy atom. The number of hydrogen-bond donors (Lipinski definition) is 1. The standard InChI is InChI=1S/C12H15FN2O3/c1-15(12(17)8-18-2)7-11(16)14-10-5-3-4-9(13)6-10/h3-6H,7-8H2,1-2H3,(H,14,16). The van der Waals surface area contributed by atoms with Crippen LogP contribution in [0.25, 0.3) is 0 Å². The first-order valence-corrected chi connectivity index (χ1v) is 5.31. The highest BCUT2D eigenvalue weighted by Crippen LogP contribution is 2.08. The summed E-state index contributed by atoms with van der Waals surface area (Å²) < 4.78 is 17.5. The second kappa shape index (κ2) is 6.70. The fraction of sp³-hybridized carbons (Fsp3) is 0.333. The van der Waals surface area contributed by atoms with Crippen LogP contribution in [0, 0.1) is 5.82 Å². The molecule has 0 unspecified atom stereocenters. The number of nitrogens with zero attached hydrogens (tertiary/aromatic N) is 1. The number of carbonyl (C=O) groups excluding carboxylic acids is 2. The Morgan fingerprint density at radius 2 is 2.17 bits per heavy atom. The van der Waals surface area contributed by atoms with Crippen LogP contribution in [0.5, 0.6) is 0 Å². The summed E-state index contributed by atoms with van der Waals surface area (Å²) in [5.74, 6) is -1.13. The van der Waals surface area contributed by atoms with E-state index in [0.717, 1.165) is 0 Å². The van der Waals surface area contributed by atoms with Crippen molar-refractivity contribution in [3.8, 4) is 0 Å². The van der Waals surface area contributed by atoms with Crippen molar-refractivity contribution in [3.05, 3.63) is 30.1 Å². The number of likely N-dealkylation sites (N-methyl/N-ethyl adjacent to an activating group) is 1. The minimum atomic E-state index is -0.434. The Labute approximate surface area is 105 Å². The van der Waals surface area contributed by atoms with E-state index in [-0.39, 0.29) is 19.1 Å². The van der Waals surface area contributed by atoms with Crippen LogP contribution in [-0.4, -0.2) is 44.0 Å². The molecule has 0 radical (unpaired) electrons. The maximum Gasteiger partial charge on any atom is 0.248 e. The molecule has 0 bridgehead atoms. The molecule has 0 heterocycles. The summed E-state index contributed by atoms with van der Waals surface area (Å²) in [6.45, 7) is -0.192. The molecular weight excluding hydrogens is 239 g/mol. The van der Waals surface area contributed by atoms with Crippen LogP contribution in [0.2, 0.25) is 0 Å². The minimum Gasteiger partial charge on any atom is -0.375 e. The van der Waals surface area contributed by atoms with E-state index < -0.39 is 11.7 Å². The number of anilines is 1. The van der Waals surface area contributed by atoms with E-state index in [1.54, 1.807) is 6.07 Å². The monoisotopic (exact) mass is 254 g/mol. The molecule has 0 saturated heterocycles. The minimum absolute atomic E-state index is 0.0796. The van der Waals surface area contributed by atoms with Gasteiger partial charge in [-0.1, -0.05) is 6.07 Å². The first kappa shape index (κ1) is 14.1. The Bertz CT molecular complexity index is 437. The van der Waals surface area contributed by atoms with E-state index in [2.05, 4.69) is 10.1 Å². The van der Waals surface area contributed by atoms with Crippen LogP contribution in [-0.2, 0) is 14.3 Å². The maximum absolute atomic E-state index is 12.9. The number of carbonyl (C=O) groups is 2. The Kier molecular flexibility index (Phi) is 5.26. The van der Waals surface area contributed by atoms with E-state index in [1.807, 2.05) is 0 Å². The third kappa shape index (κ3) is 4.50.